The summed E-state index contributed by atoms with van der Waals surface area (Å²) in [6.45, 7) is 1.10. The van der Waals surface area contributed by atoms with Gasteiger partial charge < -0.3 is 16.0 Å². The first-order chi connectivity index (χ1) is 17.5. The highest BCUT2D eigenvalue weighted by molar-refractivity contribution is 6.34. The van der Waals surface area contributed by atoms with Crippen LogP contribution in [0.4, 0.5) is 17.3 Å². The summed E-state index contributed by atoms with van der Waals surface area (Å²) < 4.78 is 2.09. The molecule has 182 valence electrons. The molecule has 3 aromatic heterocycles. The van der Waals surface area contributed by atoms with Gasteiger partial charge >= 0.3 is 0 Å². The van der Waals surface area contributed by atoms with Gasteiger partial charge in [0.05, 0.1) is 10.5 Å². The molecule has 1 fully saturated rings. The average Bonchev–Trinajstić information content (AvgIpc) is 3.21. The first kappa shape index (κ1) is 22.8. The standard InChI is InChI=1S/C28H28ClN7/c1-35(2)16-17-12-19(13-17)28-34-25(26-27(30)31-10-11-36(26)28)21-15-23-18(14-22(21)29)8-9-24(33-23)32-20-6-4-3-5-7-20/h3-11,14-15,17,19H,12-13,16H2,1-2H3,(H2,30,31)(H,32,33). The van der Waals surface area contributed by atoms with E-state index in [1.54, 1.807) is 6.20 Å². The van der Waals surface area contributed by atoms with Crippen LogP contribution in [0.5, 0.6) is 0 Å². The van der Waals surface area contributed by atoms with E-state index in [4.69, 9.17) is 27.3 Å². The number of nitrogens with zero attached hydrogens (tertiary/aromatic N) is 5. The number of hydrogen-bond donors (Lipinski definition) is 2. The van der Waals surface area contributed by atoms with Crippen molar-refractivity contribution in [1.29, 1.82) is 0 Å². The Morgan fingerprint density at radius 2 is 1.89 bits per heavy atom. The van der Waals surface area contributed by atoms with Gasteiger partial charge in [-0.05, 0) is 69.3 Å². The molecule has 0 unspecified atom stereocenters. The van der Waals surface area contributed by atoms with Crippen LogP contribution >= 0.6 is 11.6 Å². The van der Waals surface area contributed by atoms with Crippen molar-refractivity contribution in [3.05, 3.63) is 77.8 Å². The molecule has 7 nitrogen and oxygen atoms in total. The predicted octanol–water partition coefficient (Wildman–Crippen LogP) is 5.98. The lowest BCUT2D eigenvalue weighted by molar-refractivity contribution is 0.194. The van der Waals surface area contributed by atoms with Gasteiger partial charge in [0, 0.05) is 41.5 Å². The number of anilines is 3. The van der Waals surface area contributed by atoms with E-state index in [1.165, 1.54) is 0 Å². The summed E-state index contributed by atoms with van der Waals surface area (Å²) in [5.74, 6) is 3.30. The number of para-hydroxylation sites is 1. The van der Waals surface area contributed by atoms with E-state index < -0.39 is 0 Å². The van der Waals surface area contributed by atoms with Gasteiger partial charge in [-0.25, -0.2) is 15.0 Å². The molecule has 0 atom stereocenters. The average molecular weight is 498 g/mol. The van der Waals surface area contributed by atoms with Crippen LogP contribution in [0.25, 0.3) is 27.7 Å². The molecule has 0 spiro atoms. The van der Waals surface area contributed by atoms with E-state index in [9.17, 15) is 0 Å². The molecule has 36 heavy (non-hydrogen) atoms. The number of pyridine rings is 1. The topological polar surface area (TPSA) is 84.4 Å². The summed E-state index contributed by atoms with van der Waals surface area (Å²) in [7, 11) is 4.25. The normalized spacial score (nSPS) is 17.6. The first-order valence-corrected chi connectivity index (χ1v) is 12.5. The Hall–Kier alpha value is -3.68. The molecule has 3 N–H and O–H groups in total. The molecule has 0 saturated heterocycles. The smallest absolute Gasteiger partial charge is 0.150 e. The maximum atomic E-state index is 6.82. The van der Waals surface area contributed by atoms with Crippen molar-refractivity contribution in [2.75, 3.05) is 31.7 Å². The van der Waals surface area contributed by atoms with Crippen LogP contribution in [-0.4, -0.2) is 44.9 Å². The molecular formula is C28H28ClN7. The van der Waals surface area contributed by atoms with Crippen molar-refractivity contribution in [2.24, 2.45) is 5.92 Å². The molecule has 6 rings (SSSR count). The monoisotopic (exact) mass is 497 g/mol. The SMILES string of the molecule is CN(C)CC1CC(c2nc(-c3cc4nc(Nc5ccccc5)ccc4cc3Cl)c3c(N)nccn23)C1. The molecule has 0 aliphatic heterocycles. The lowest BCUT2D eigenvalue weighted by Crippen LogP contribution is -2.32. The molecule has 8 heteroatoms. The Morgan fingerprint density at radius 3 is 2.67 bits per heavy atom. The highest BCUT2D eigenvalue weighted by atomic mass is 35.5. The van der Waals surface area contributed by atoms with Crippen LogP contribution in [0.3, 0.4) is 0 Å². The summed E-state index contributed by atoms with van der Waals surface area (Å²) >= 11 is 6.82. The third-order valence-electron chi connectivity index (χ3n) is 6.91. The lowest BCUT2D eigenvalue weighted by atomic mass is 9.74. The zero-order valence-electron chi connectivity index (χ0n) is 20.3. The summed E-state index contributed by atoms with van der Waals surface area (Å²) in [6.07, 6.45) is 5.91. The molecule has 0 amide bonds. The van der Waals surface area contributed by atoms with Crippen molar-refractivity contribution in [3.63, 3.8) is 0 Å². The zero-order chi connectivity index (χ0) is 24.8. The molecule has 1 saturated carbocycles. The van der Waals surface area contributed by atoms with Crippen LogP contribution in [0, 0.1) is 5.92 Å². The van der Waals surface area contributed by atoms with Gasteiger partial charge in [0.1, 0.15) is 28.7 Å². The van der Waals surface area contributed by atoms with E-state index in [0.717, 1.165) is 64.4 Å². The summed E-state index contributed by atoms with van der Waals surface area (Å²) in [4.78, 5) is 16.6. The Balaban J connectivity index is 1.41. The van der Waals surface area contributed by atoms with Gasteiger partial charge in [0.25, 0.3) is 0 Å². The Kier molecular flexibility index (Phi) is 5.74. The van der Waals surface area contributed by atoms with Crippen molar-refractivity contribution >= 4 is 45.3 Å². The fourth-order valence-corrected chi connectivity index (χ4v) is 5.50. The van der Waals surface area contributed by atoms with Gasteiger partial charge in [-0.2, -0.15) is 0 Å². The van der Waals surface area contributed by atoms with Crippen molar-refractivity contribution in [2.45, 2.75) is 18.8 Å². The van der Waals surface area contributed by atoms with Crippen LogP contribution in [0.2, 0.25) is 5.02 Å². The second-order valence-corrected chi connectivity index (χ2v) is 10.3. The predicted molar refractivity (Wildman–Crippen MR) is 147 cm³/mol. The number of halogens is 1. The molecule has 1 aliphatic rings. The Labute approximate surface area is 215 Å². The number of fused-ring (bicyclic) bond motifs is 2. The van der Waals surface area contributed by atoms with Crippen LogP contribution in [-0.2, 0) is 0 Å². The maximum Gasteiger partial charge on any atom is 0.150 e. The minimum atomic E-state index is 0.386. The third-order valence-corrected chi connectivity index (χ3v) is 7.23. The quantitative estimate of drug-likeness (QED) is 0.300. The van der Waals surface area contributed by atoms with Gasteiger partial charge in [-0.1, -0.05) is 29.8 Å². The number of imidazole rings is 1. The Bertz CT molecular complexity index is 1560. The second kappa shape index (κ2) is 9.08. The minimum Gasteiger partial charge on any atom is -0.382 e. The van der Waals surface area contributed by atoms with E-state index in [0.29, 0.717) is 22.7 Å². The first-order valence-electron chi connectivity index (χ1n) is 12.2. The van der Waals surface area contributed by atoms with Gasteiger partial charge in [0.15, 0.2) is 0 Å². The fourth-order valence-electron chi connectivity index (χ4n) is 5.24. The largest absolute Gasteiger partial charge is 0.382 e. The second-order valence-electron chi connectivity index (χ2n) is 9.86. The van der Waals surface area contributed by atoms with Gasteiger partial charge in [-0.3, -0.25) is 4.40 Å². The van der Waals surface area contributed by atoms with Crippen molar-refractivity contribution < 1.29 is 0 Å². The van der Waals surface area contributed by atoms with Gasteiger partial charge in [0.2, 0.25) is 0 Å². The number of hydrogen-bond acceptors (Lipinski definition) is 6. The number of benzene rings is 2. The van der Waals surface area contributed by atoms with Gasteiger partial charge in [-0.15, -0.1) is 0 Å². The highest BCUT2D eigenvalue weighted by Crippen LogP contribution is 2.44. The number of nitrogen functional groups attached to an aromatic ring is 1. The molecule has 3 heterocycles. The Morgan fingerprint density at radius 1 is 1.08 bits per heavy atom. The van der Waals surface area contributed by atoms with E-state index >= 15 is 0 Å². The minimum absolute atomic E-state index is 0.386. The summed E-state index contributed by atoms with van der Waals surface area (Å²) in [5, 5.41) is 4.94. The number of nitrogens with one attached hydrogen (secondary N) is 1. The maximum absolute atomic E-state index is 6.82. The van der Waals surface area contributed by atoms with Crippen molar-refractivity contribution in [3.8, 4) is 11.3 Å². The third kappa shape index (κ3) is 4.14. The molecule has 0 radical (unpaired) electrons. The number of rotatable bonds is 6. The van der Waals surface area contributed by atoms with E-state index in [-0.39, 0.29) is 0 Å². The molecule has 5 aromatic rings. The summed E-state index contributed by atoms with van der Waals surface area (Å²) in [5.41, 5.74) is 10.5. The number of aromatic nitrogens is 4. The lowest BCUT2D eigenvalue weighted by Gasteiger charge is -2.36. The number of nitrogens with two attached hydrogens (primary N) is 1. The van der Waals surface area contributed by atoms with Crippen molar-refractivity contribution in [1.82, 2.24) is 24.3 Å². The zero-order valence-corrected chi connectivity index (χ0v) is 21.1. The molecule has 1 aliphatic carbocycles. The van der Waals surface area contributed by atoms with Crippen LogP contribution in [0.1, 0.15) is 24.6 Å². The fraction of sp³-hybridized carbons (Fsp3) is 0.250. The summed E-state index contributed by atoms with van der Waals surface area (Å²) in [6, 6.07) is 17.9. The van der Waals surface area contributed by atoms with Crippen LogP contribution < -0.4 is 11.1 Å². The van der Waals surface area contributed by atoms with E-state index in [2.05, 4.69) is 33.7 Å². The highest BCUT2D eigenvalue weighted by Gasteiger charge is 2.34. The molecule has 0 bridgehead atoms. The van der Waals surface area contributed by atoms with Crippen LogP contribution in [0.15, 0.2) is 67.0 Å². The van der Waals surface area contributed by atoms with E-state index in [1.807, 2.05) is 60.8 Å². The molecule has 2 aromatic carbocycles. The molecular weight excluding hydrogens is 470 g/mol.